The van der Waals surface area contributed by atoms with Crippen LogP contribution in [-0.2, 0) is 0 Å². The summed E-state index contributed by atoms with van der Waals surface area (Å²) in [7, 11) is 0. The standard InChI is InChI=1S/C22H24N4O2/c1-14-13-16(9-10-17(14)22(28)26-11-5-6-12-26)21(27)23-15(2)20-24-18-7-3-4-8-19(18)25-20/h3-4,7-10,13,15H,5-6,11-12H2,1-2H3,(H,23,27)(H,24,25). The maximum Gasteiger partial charge on any atom is 0.254 e. The highest BCUT2D eigenvalue weighted by atomic mass is 16.2. The van der Waals surface area contributed by atoms with Gasteiger partial charge in [-0.2, -0.15) is 0 Å². The van der Waals surface area contributed by atoms with Gasteiger partial charge in [-0.05, 0) is 62.6 Å². The number of benzene rings is 2. The Morgan fingerprint density at radius 1 is 1.14 bits per heavy atom. The van der Waals surface area contributed by atoms with Crippen molar-refractivity contribution in [2.24, 2.45) is 0 Å². The molecule has 1 aliphatic heterocycles. The minimum atomic E-state index is -0.258. The number of hydrogen-bond donors (Lipinski definition) is 2. The lowest BCUT2D eigenvalue weighted by Gasteiger charge is -2.17. The molecular weight excluding hydrogens is 352 g/mol. The number of carbonyl (C=O) groups is 2. The molecule has 2 aromatic carbocycles. The molecule has 0 radical (unpaired) electrons. The molecule has 2 amide bonds. The van der Waals surface area contributed by atoms with Crippen molar-refractivity contribution < 1.29 is 9.59 Å². The smallest absolute Gasteiger partial charge is 0.254 e. The van der Waals surface area contributed by atoms with Crippen molar-refractivity contribution in [2.45, 2.75) is 32.7 Å². The van der Waals surface area contributed by atoms with Crippen molar-refractivity contribution in [3.63, 3.8) is 0 Å². The summed E-state index contributed by atoms with van der Waals surface area (Å²) in [6.07, 6.45) is 2.12. The molecule has 2 N–H and O–H groups in total. The highest BCUT2D eigenvalue weighted by Gasteiger charge is 2.22. The van der Waals surface area contributed by atoms with Gasteiger partial charge in [0.05, 0.1) is 17.1 Å². The predicted molar refractivity (Wildman–Crippen MR) is 108 cm³/mol. The van der Waals surface area contributed by atoms with Crippen LogP contribution in [0.15, 0.2) is 42.5 Å². The number of hydrogen-bond acceptors (Lipinski definition) is 3. The first-order valence-electron chi connectivity index (χ1n) is 9.68. The molecule has 2 heterocycles. The Bertz CT molecular complexity index is 1000. The van der Waals surface area contributed by atoms with Crippen molar-refractivity contribution in [3.05, 3.63) is 65.0 Å². The molecular formula is C22H24N4O2. The molecule has 28 heavy (non-hydrogen) atoms. The number of nitrogens with zero attached hydrogens (tertiary/aromatic N) is 2. The van der Waals surface area contributed by atoms with E-state index in [1.54, 1.807) is 18.2 Å². The fourth-order valence-corrected chi connectivity index (χ4v) is 3.66. The number of aromatic nitrogens is 2. The van der Waals surface area contributed by atoms with E-state index in [2.05, 4.69) is 15.3 Å². The van der Waals surface area contributed by atoms with Crippen LogP contribution in [0.3, 0.4) is 0 Å². The third kappa shape index (κ3) is 3.50. The Hall–Kier alpha value is -3.15. The molecule has 6 nitrogen and oxygen atoms in total. The van der Waals surface area contributed by atoms with Crippen LogP contribution < -0.4 is 5.32 Å². The molecule has 0 saturated carbocycles. The Kier molecular flexibility index (Phi) is 4.86. The van der Waals surface area contributed by atoms with Gasteiger partial charge in [-0.3, -0.25) is 9.59 Å². The van der Waals surface area contributed by atoms with Crippen molar-refractivity contribution in [2.75, 3.05) is 13.1 Å². The maximum atomic E-state index is 12.7. The molecule has 0 bridgehead atoms. The fourth-order valence-electron chi connectivity index (χ4n) is 3.66. The van der Waals surface area contributed by atoms with E-state index in [4.69, 9.17) is 0 Å². The van der Waals surface area contributed by atoms with Gasteiger partial charge in [0.15, 0.2) is 0 Å². The van der Waals surface area contributed by atoms with Gasteiger partial charge in [-0.1, -0.05) is 12.1 Å². The highest BCUT2D eigenvalue weighted by molar-refractivity contribution is 5.99. The second-order valence-electron chi connectivity index (χ2n) is 7.36. The molecule has 4 rings (SSSR count). The zero-order valence-corrected chi connectivity index (χ0v) is 16.2. The number of fused-ring (bicyclic) bond motifs is 1. The first-order valence-corrected chi connectivity index (χ1v) is 9.68. The molecule has 0 spiro atoms. The van der Waals surface area contributed by atoms with E-state index in [0.29, 0.717) is 17.0 Å². The lowest BCUT2D eigenvalue weighted by Crippen LogP contribution is -2.29. The topological polar surface area (TPSA) is 78.1 Å². The van der Waals surface area contributed by atoms with Crippen molar-refractivity contribution >= 4 is 22.8 Å². The summed E-state index contributed by atoms with van der Waals surface area (Å²) in [5, 5.41) is 2.98. The van der Waals surface area contributed by atoms with Gasteiger partial charge in [0.1, 0.15) is 5.82 Å². The van der Waals surface area contributed by atoms with Gasteiger partial charge >= 0.3 is 0 Å². The number of carbonyl (C=O) groups excluding carboxylic acids is 2. The summed E-state index contributed by atoms with van der Waals surface area (Å²) >= 11 is 0. The minimum Gasteiger partial charge on any atom is -0.342 e. The molecule has 1 aromatic heterocycles. The maximum absolute atomic E-state index is 12.7. The first-order chi connectivity index (χ1) is 13.5. The molecule has 144 valence electrons. The molecule has 1 fully saturated rings. The van der Waals surface area contributed by atoms with Gasteiger partial charge in [0.2, 0.25) is 0 Å². The lowest BCUT2D eigenvalue weighted by molar-refractivity contribution is 0.0791. The zero-order chi connectivity index (χ0) is 19.7. The Morgan fingerprint density at radius 3 is 2.61 bits per heavy atom. The van der Waals surface area contributed by atoms with Crippen LogP contribution in [0.1, 0.15) is 57.9 Å². The highest BCUT2D eigenvalue weighted by Crippen LogP contribution is 2.19. The third-order valence-corrected chi connectivity index (χ3v) is 5.28. The normalized spacial score (nSPS) is 15.0. The van der Waals surface area contributed by atoms with E-state index in [0.717, 1.165) is 42.5 Å². The van der Waals surface area contributed by atoms with Crippen LogP contribution in [0.5, 0.6) is 0 Å². The van der Waals surface area contributed by atoms with Gasteiger partial charge < -0.3 is 15.2 Å². The second-order valence-corrected chi connectivity index (χ2v) is 7.36. The van der Waals surface area contributed by atoms with Crippen LogP contribution in [-0.4, -0.2) is 39.8 Å². The van der Waals surface area contributed by atoms with Crippen molar-refractivity contribution in [3.8, 4) is 0 Å². The average molecular weight is 376 g/mol. The monoisotopic (exact) mass is 376 g/mol. The molecule has 1 unspecified atom stereocenters. The van der Waals surface area contributed by atoms with Crippen LogP contribution in [0.2, 0.25) is 0 Å². The summed E-state index contributed by atoms with van der Waals surface area (Å²) in [5.41, 5.74) is 3.85. The van der Waals surface area contributed by atoms with Crippen LogP contribution >= 0.6 is 0 Å². The average Bonchev–Trinajstić information content (AvgIpc) is 3.37. The molecule has 3 aromatic rings. The zero-order valence-electron chi connectivity index (χ0n) is 16.2. The van der Waals surface area contributed by atoms with Gasteiger partial charge in [-0.25, -0.2) is 4.98 Å². The first kappa shape index (κ1) is 18.2. The molecule has 0 aliphatic carbocycles. The number of imidazole rings is 1. The van der Waals surface area contributed by atoms with Crippen LogP contribution in [0.4, 0.5) is 0 Å². The van der Waals surface area contributed by atoms with Gasteiger partial charge in [-0.15, -0.1) is 0 Å². The summed E-state index contributed by atoms with van der Waals surface area (Å²) in [4.78, 5) is 35.0. The van der Waals surface area contributed by atoms with E-state index >= 15 is 0 Å². The van der Waals surface area contributed by atoms with E-state index < -0.39 is 0 Å². The van der Waals surface area contributed by atoms with Gasteiger partial charge in [0, 0.05) is 24.2 Å². The van der Waals surface area contributed by atoms with Crippen molar-refractivity contribution in [1.82, 2.24) is 20.2 Å². The summed E-state index contributed by atoms with van der Waals surface area (Å²) in [6.45, 7) is 5.40. The Balaban J connectivity index is 1.48. The Morgan fingerprint density at radius 2 is 1.89 bits per heavy atom. The summed E-state index contributed by atoms with van der Waals surface area (Å²) in [6, 6.07) is 12.8. The number of likely N-dealkylation sites (tertiary alicyclic amines) is 1. The number of para-hydroxylation sites is 2. The molecule has 1 atom stereocenters. The predicted octanol–water partition coefficient (Wildman–Crippen LogP) is 3.60. The number of rotatable bonds is 4. The number of nitrogens with one attached hydrogen (secondary N) is 2. The number of aryl methyl sites for hydroxylation is 1. The SMILES string of the molecule is Cc1cc(C(=O)NC(C)c2nc3ccccc3[nH]2)ccc1C(=O)N1CCCC1. The van der Waals surface area contributed by atoms with Crippen LogP contribution in [0, 0.1) is 6.92 Å². The van der Waals surface area contributed by atoms with E-state index in [-0.39, 0.29) is 17.9 Å². The van der Waals surface area contributed by atoms with E-state index in [9.17, 15) is 9.59 Å². The van der Waals surface area contributed by atoms with Crippen molar-refractivity contribution in [1.29, 1.82) is 0 Å². The Labute approximate surface area is 164 Å². The molecule has 1 aliphatic rings. The summed E-state index contributed by atoms with van der Waals surface area (Å²) in [5.74, 6) is 0.584. The lowest BCUT2D eigenvalue weighted by atomic mass is 10.0. The third-order valence-electron chi connectivity index (χ3n) is 5.28. The fraction of sp³-hybridized carbons (Fsp3) is 0.318. The largest absolute Gasteiger partial charge is 0.342 e. The van der Waals surface area contributed by atoms with E-state index in [1.165, 1.54) is 0 Å². The second kappa shape index (κ2) is 7.46. The van der Waals surface area contributed by atoms with Gasteiger partial charge in [0.25, 0.3) is 11.8 Å². The number of amides is 2. The van der Waals surface area contributed by atoms with Crippen LogP contribution in [0.25, 0.3) is 11.0 Å². The molecule has 6 heteroatoms. The summed E-state index contributed by atoms with van der Waals surface area (Å²) < 4.78 is 0. The number of H-pyrrole nitrogens is 1. The minimum absolute atomic E-state index is 0.0533. The molecule has 1 saturated heterocycles. The van der Waals surface area contributed by atoms with E-state index in [1.807, 2.05) is 43.0 Å². The number of aromatic amines is 1. The quantitative estimate of drug-likeness (QED) is 0.730.